The van der Waals surface area contributed by atoms with Crippen molar-refractivity contribution in [1.82, 2.24) is 9.97 Å². The van der Waals surface area contributed by atoms with E-state index in [1.54, 1.807) is 6.33 Å². The second-order valence-electron chi connectivity index (χ2n) is 5.78. The Bertz CT molecular complexity index is 419. The molecule has 2 N–H and O–H groups in total. The number of nitrogens with one attached hydrogen (secondary N) is 2. The van der Waals surface area contributed by atoms with Crippen LogP contribution in [0.15, 0.2) is 6.33 Å². The number of anilines is 2. The number of hydrogen-bond donors (Lipinski definition) is 2. The molecule has 1 aromatic rings. The standard InChI is InChI=1S/C15H26N4/c1-5-15(8-7-9-15)19-14-12(11(3)4)13(16-6-2)17-10-18-14/h10-11H,5-9H2,1-4H3,(H2,16,17,18,19). The molecule has 0 unspecified atom stereocenters. The molecule has 0 aliphatic heterocycles. The Morgan fingerprint density at radius 1 is 1.21 bits per heavy atom. The van der Waals surface area contributed by atoms with Gasteiger partial charge >= 0.3 is 0 Å². The van der Waals surface area contributed by atoms with Crippen molar-refractivity contribution in [1.29, 1.82) is 0 Å². The van der Waals surface area contributed by atoms with Gasteiger partial charge in [0.25, 0.3) is 0 Å². The largest absolute Gasteiger partial charge is 0.370 e. The first-order valence-electron chi connectivity index (χ1n) is 7.49. The molecule has 106 valence electrons. The van der Waals surface area contributed by atoms with Gasteiger partial charge in [-0.1, -0.05) is 20.8 Å². The average molecular weight is 262 g/mol. The molecule has 0 aromatic carbocycles. The van der Waals surface area contributed by atoms with Gasteiger partial charge in [-0.25, -0.2) is 9.97 Å². The van der Waals surface area contributed by atoms with Gasteiger partial charge in [-0.2, -0.15) is 0 Å². The fourth-order valence-corrected chi connectivity index (χ4v) is 2.77. The molecule has 1 aliphatic carbocycles. The molecular formula is C15H26N4. The summed E-state index contributed by atoms with van der Waals surface area (Å²) in [7, 11) is 0. The van der Waals surface area contributed by atoms with Crippen LogP contribution in [-0.2, 0) is 0 Å². The van der Waals surface area contributed by atoms with Crippen LogP contribution in [0.1, 0.15) is 64.9 Å². The van der Waals surface area contributed by atoms with E-state index in [0.717, 1.165) is 24.6 Å². The van der Waals surface area contributed by atoms with E-state index >= 15 is 0 Å². The maximum absolute atomic E-state index is 4.50. The fourth-order valence-electron chi connectivity index (χ4n) is 2.77. The van der Waals surface area contributed by atoms with Crippen molar-refractivity contribution in [3.63, 3.8) is 0 Å². The quantitative estimate of drug-likeness (QED) is 0.819. The van der Waals surface area contributed by atoms with Gasteiger partial charge in [0.15, 0.2) is 0 Å². The molecule has 1 heterocycles. The molecule has 4 heteroatoms. The van der Waals surface area contributed by atoms with Gasteiger partial charge < -0.3 is 10.6 Å². The molecule has 1 aliphatic rings. The lowest BCUT2D eigenvalue weighted by Crippen LogP contribution is -2.44. The molecule has 1 fully saturated rings. The number of rotatable bonds is 6. The fraction of sp³-hybridized carbons (Fsp3) is 0.733. The summed E-state index contributed by atoms with van der Waals surface area (Å²) >= 11 is 0. The Morgan fingerprint density at radius 3 is 2.37 bits per heavy atom. The predicted octanol–water partition coefficient (Wildman–Crippen LogP) is 3.78. The van der Waals surface area contributed by atoms with Crippen molar-refractivity contribution >= 4 is 11.6 Å². The van der Waals surface area contributed by atoms with Crippen LogP contribution in [-0.4, -0.2) is 22.1 Å². The van der Waals surface area contributed by atoms with Crippen LogP contribution in [0.4, 0.5) is 11.6 Å². The number of aromatic nitrogens is 2. The summed E-state index contributed by atoms with van der Waals surface area (Å²) in [5, 5.41) is 7.05. The lowest BCUT2D eigenvalue weighted by molar-refractivity contribution is 0.268. The third kappa shape index (κ3) is 2.82. The summed E-state index contributed by atoms with van der Waals surface area (Å²) < 4.78 is 0. The van der Waals surface area contributed by atoms with Crippen LogP contribution < -0.4 is 10.6 Å². The van der Waals surface area contributed by atoms with Gasteiger partial charge in [0.05, 0.1) is 0 Å². The summed E-state index contributed by atoms with van der Waals surface area (Å²) in [4.78, 5) is 8.88. The molecule has 1 saturated carbocycles. The lowest BCUT2D eigenvalue weighted by Gasteiger charge is -2.43. The zero-order chi connectivity index (χ0) is 13.9. The van der Waals surface area contributed by atoms with Gasteiger partial charge in [0, 0.05) is 17.6 Å². The Kier molecular flexibility index (Phi) is 4.27. The number of nitrogens with zero attached hydrogens (tertiary/aromatic N) is 2. The molecular weight excluding hydrogens is 236 g/mol. The van der Waals surface area contributed by atoms with Crippen LogP contribution in [0.2, 0.25) is 0 Å². The van der Waals surface area contributed by atoms with E-state index in [9.17, 15) is 0 Å². The van der Waals surface area contributed by atoms with Crippen LogP contribution in [0.25, 0.3) is 0 Å². The molecule has 0 saturated heterocycles. The molecule has 0 bridgehead atoms. The van der Waals surface area contributed by atoms with Gasteiger partial charge in [-0.3, -0.25) is 0 Å². The molecule has 1 aromatic heterocycles. The van der Waals surface area contributed by atoms with E-state index in [0.29, 0.717) is 5.92 Å². The summed E-state index contributed by atoms with van der Waals surface area (Å²) in [6.07, 6.45) is 6.64. The van der Waals surface area contributed by atoms with Gasteiger partial charge in [-0.15, -0.1) is 0 Å². The third-order valence-electron chi connectivity index (χ3n) is 4.18. The van der Waals surface area contributed by atoms with Crippen molar-refractivity contribution in [2.75, 3.05) is 17.2 Å². The van der Waals surface area contributed by atoms with E-state index in [1.165, 1.54) is 24.8 Å². The monoisotopic (exact) mass is 262 g/mol. The zero-order valence-electron chi connectivity index (χ0n) is 12.6. The Morgan fingerprint density at radius 2 is 1.89 bits per heavy atom. The molecule has 19 heavy (non-hydrogen) atoms. The van der Waals surface area contributed by atoms with Crippen LogP contribution in [0.3, 0.4) is 0 Å². The maximum atomic E-state index is 4.50. The minimum absolute atomic E-state index is 0.265. The smallest absolute Gasteiger partial charge is 0.135 e. The summed E-state index contributed by atoms with van der Waals surface area (Å²) in [5.41, 5.74) is 1.48. The Hall–Kier alpha value is -1.32. The lowest BCUT2D eigenvalue weighted by atomic mass is 9.74. The second kappa shape index (κ2) is 5.76. The molecule has 0 spiro atoms. The molecule has 0 atom stereocenters. The van der Waals surface area contributed by atoms with E-state index < -0.39 is 0 Å². The topological polar surface area (TPSA) is 49.8 Å². The summed E-state index contributed by atoms with van der Waals surface area (Å²) in [6.45, 7) is 9.63. The van der Waals surface area contributed by atoms with Crippen LogP contribution in [0.5, 0.6) is 0 Å². The van der Waals surface area contributed by atoms with Crippen molar-refractivity contribution in [3.05, 3.63) is 11.9 Å². The minimum Gasteiger partial charge on any atom is -0.370 e. The van der Waals surface area contributed by atoms with Crippen molar-refractivity contribution in [3.8, 4) is 0 Å². The predicted molar refractivity (Wildman–Crippen MR) is 80.8 cm³/mol. The van der Waals surface area contributed by atoms with E-state index in [4.69, 9.17) is 0 Å². The third-order valence-corrected chi connectivity index (χ3v) is 4.18. The average Bonchev–Trinajstić information content (AvgIpc) is 2.34. The highest BCUT2D eigenvalue weighted by molar-refractivity contribution is 5.60. The van der Waals surface area contributed by atoms with Crippen molar-refractivity contribution in [2.24, 2.45) is 0 Å². The van der Waals surface area contributed by atoms with Crippen molar-refractivity contribution in [2.45, 2.75) is 64.8 Å². The SMILES string of the molecule is CCNc1ncnc(NC2(CC)CCC2)c1C(C)C. The highest BCUT2D eigenvalue weighted by Gasteiger charge is 2.36. The first-order valence-corrected chi connectivity index (χ1v) is 7.49. The normalized spacial score (nSPS) is 17.1. The molecule has 0 radical (unpaired) electrons. The number of hydrogen-bond acceptors (Lipinski definition) is 4. The van der Waals surface area contributed by atoms with Gasteiger partial charge in [0.2, 0.25) is 0 Å². The van der Waals surface area contributed by atoms with E-state index in [-0.39, 0.29) is 5.54 Å². The molecule has 2 rings (SSSR count). The first kappa shape index (κ1) is 14.1. The maximum Gasteiger partial charge on any atom is 0.135 e. The van der Waals surface area contributed by atoms with Crippen LogP contribution >= 0.6 is 0 Å². The van der Waals surface area contributed by atoms with Crippen LogP contribution in [0, 0.1) is 0 Å². The highest BCUT2D eigenvalue weighted by atomic mass is 15.1. The zero-order valence-corrected chi connectivity index (χ0v) is 12.6. The van der Waals surface area contributed by atoms with Gasteiger partial charge in [-0.05, 0) is 38.5 Å². The van der Waals surface area contributed by atoms with E-state index in [1.807, 2.05) is 0 Å². The highest BCUT2D eigenvalue weighted by Crippen LogP contribution is 2.39. The Labute approximate surface area is 116 Å². The first-order chi connectivity index (χ1) is 9.12. The summed E-state index contributed by atoms with van der Waals surface area (Å²) in [6, 6.07) is 0. The Balaban J connectivity index is 2.30. The van der Waals surface area contributed by atoms with E-state index in [2.05, 4.69) is 48.3 Å². The molecule has 4 nitrogen and oxygen atoms in total. The molecule has 0 amide bonds. The van der Waals surface area contributed by atoms with Gasteiger partial charge in [0.1, 0.15) is 18.0 Å². The van der Waals surface area contributed by atoms with Crippen molar-refractivity contribution < 1.29 is 0 Å². The second-order valence-corrected chi connectivity index (χ2v) is 5.78. The minimum atomic E-state index is 0.265. The summed E-state index contributed by atoms with van der Waals surface area (Å²) in [5.74, 6) is 2.40.